The van der Waals surface area contributed by atoms with Crippen molar-refractivity contribution in [2.24, 2.45) is 0 Å². The van der Waals surface area contributed by atoms with Gasteiger partial charge >= 0.3 is 0 Å². The summed E-state index contributed by atoms with van der Waals surface area (Å²) in [5, 5.41) is 1.23. The first kappa shape index (κ1) is 19.0. The normalized spacial score (nSPS) is 19.6. The molecule has 1 saturated heterocycles. The summed E-state index contributed by atoms with van der Waals surface area (Å²) >= 11 is 1.80. The van der Waals surface area contributed by atoms with Crippen molar-refractivity contribution in [2.75, 3.05) is 26.7 Å². The molecular formula is C22H25FN3OS+. The molecule has 4 nitrogen and oxygen atoms in total. The Kier molecular flexibility index (Phi) is 5.69. The molecule has 0 atom stereocenters. The maximum atomic E-state index is 13.8. The van der Waals surface area contributed by atoms with Gasteiger partial charge in [-0.2, -0.15) is 0 Å². The fourth-order valence-corrected chi connectivity index (χ4v) is 4.97. The second-order valence-electron chi connectivity index (χ2n) is 7.56. The van der Waals surface area contributed by atoms with Crippen LogP contribution in [0.3, 0.4) is 0 Å². The summed E-state index contributed by atoms with van der Waals surface area (Å²) in [7, 11) is 1.75. The molecule has 2 heterocycles. The number of carbonyl (C=O) groups is 1. The van der Waals surface area contributed by atoms with Crippen LogP contribution in [0, 0.1) is 5.82 Å². The van der Waals surface area contributed by atoms with Gasteiger partial charge in [0.1, 0.15) is 5.82 Å². The number of piperidine rings is 1. The Hall–Kier alpha value is -2.31. The minimum absolute atomic E-state index is 0.0664. The van der Waals surface area contributed by atoms with E-state index in [1.807, 2.05) is 6.07 Å². The molecule has 1 N–H and O–H groups in total. The highest BCUT2D eigenvalue weighted by Crippen LogP contribution is 2.31. The minimum Gasteiger partial charge on any atom is -0.336 e. The van der Waals surface area contributed by atoms with Gasteiger partial charge in [-0.1, -0.05) is 30.3 Å². The van der Waals surface area contributed by atoms with Gasteiger partial charge in [-0.3, -0.25) is 4.79 Å². The molecule has 0 unspecified atom stereocenters. The number of quaternary nitrogens is 1. The first-order valence-electron chi connectivity index (χ1n) is 9.76. The van der Waals surface area contributed by atoms with Gasteiger partial charge in [0.15, 0.2) is 6.54 Å². The van der Waals surface area contributed by atoms with Crippen molar-refractivity contribution >= 4 is 27.5 Å². The largest absolute Gasteiger partial charge is 0.336 e. The number of amides is 1. The van der Waals surface area contributed by atoms with E-state index >= 15 is 0 Å². The van der Waals surface area contributed by atoms with Crippen LogP contribution in [0.25, 0.3) is 10.2 Å². The quantitative estimate of drug-likeness (QED) is 0.718. The number of hydrogen-bond acceptors (Lipinski definition) is 3. The monoisotopic (exact) mass is 398 g/mol. The molecule has 1 aromatic heterocycles. The fraction of sp³-hybridized carbons (Fsp3) is 0.364. The summed E-state index contributed by atoms with van der Waals surface area (Å²) in [6.07, 6.45) is 2.11. The number of benzene rings is 2. The second kappa shape index (κ2) is 8.37. The zero-order valence-corrected chi connectivity index (χ0v) is 16.8. The van der Waals surface area contributed by atoms with Gasteiger partial charge in [-0.05, 0) is 18.2 Å². The summed E-state index contributed by atoms with van der Waals surface area (Å²) in [6.45, 7) is 2.73. The van der Waals surface area contributed by atoms with Crippen molar-refractivity contribution < 1.29 is 14.1 Å². The van der Waals surface area contributed by atoms with Crippen LogP contribution in [0.5, 0.6) is 0 Å². The van der Waals surface area contributed by atoms with Crippen LogP contribution in [0.2, 0.25) is 0 Å². The van der Waals surface area contributed by atoms with E-state index in [0.717, 1.165) is 31.4 Å². The topological polar surface area (TPSA) is 37.6 Å². The van der Waals surface area contributed by atoms with Gasteiger partial charge in [0.05, 0.1) is 28.3 Å². The number of para-hydroxylation sites is 1. The van der Waals surface area contributed by atoms with Gasteiger partial charge in [0.2, 0.25) is 0 Å². The Morgan fingerprint density at radius 2 is 1.89 bits per heavy atom. The summed E-state index contributed by atoms with van der Waals surface area (Å²) in [6, 6.07) is 14.9. The third kappa shape index (κ3) is 4.23. The lowest BCUT2D eigenvalue weighted by molar-refractivity contribution is -0.897. The number of rotatable bonds is 5. The summed E-state index contributed by atoms with van der Waals surface area (Å²) in [4.78, 5) is 20.3. The number of likely N-dealkylation sites (tertiary alicyclic amines) is 1. The Morgan fingerprint density at radius 1 is 1.18 bits per heavy atom. The van der Waals surface area contributed by atoms with Crippen molar-refractivity contribution in [1.82, 2.24) is 9.88 Å². The lowest BCUT2D eigenvalue weighted by atomic mass is 9.97. The van der Waals surface area contributed by atoms with Gasteiger partial charge < -0.3 is 9.80 Å². The van der Waals surface area contributed by atoms with Crippen LogP contribution < -0.4 is 4.90 Å². The molecule has 1 aliphatic rings. The molecule has 0 aliphatic carbocycles. The zero-order valence-electron chi connectivity index (χ0n) is 16.0. The molecule has 1 amide bonds. The van der Waals surface area contributed by atoms with E-state index in [4.69, 9.17) is 4.98 Å². The van der Waals surface area contributed by atoms with E-state index in [-0.39, 0.29) is 11.7 Å². The Labute approximate surface area is 168 Å². The molecular weight excluding hydrogens is 373 g/mol. The molecule has 146 valence electrons. The Bertz CT molecular complexity index is 932. The van der Waals surface area contributed by atoms with Crippen LogP contribution in [0.1, 0.15) is 29.3 Å². The number of aromatic nitrogens is 1. The summed E-state index contributed by atoms with van der Waals surface area (Å²) in [5.41, 5.74) is 1.64. The highest BCUT2D eigenvalue weighted by Gasteiger charge is 2.28. The Balaban J connectivity index is 1.30. The molecule has 0 saturated carbocycles. The van der Waals surface area contributed by atoms with Gasteiger partial charge in [0.25, 0.3) is 5.91 Å². The number of nitrogens with zero attached hydrogens (tertiary/aromatic N) is 2. The lowest BCUT2D eigenvalue weighted by Crippen LogP contribution is -3.14. The number of nitrogens with one attached hydrogen (secondary N) is 1. The minimum atomic E-state index is -0.258. The standard InChI is InChI=1S/C22H24FN3OS/c1-25(14-17-6-2-3-7-18(17)23)21(27)15-26-12-10-16(11-13-26)22-24-19-8-4-5-9-20(19)28-22/h2-9,16H,10-15H2,1H3/p+1. The summed E-state index contributed by atoms with van der Waals surface area (Å²) in [5.74, 6) is 0.301. The molecule has 3 aromatic rings. The van der Waals surface area contributed by atoms with Crippen LogP contribution >= 0.6 is 11.3 Å². The van der Waals surface area contributed by atoms with E-state index < -0.39 is 0 Å². The highest BCUT2D eigenvalue weighted by atomic mass is 32.1. The van der Waals surface area contributed by atoms with Crippen molar-refractivity contribution in [3.63, 3.8) is 0 Å². The predicted molar refractivity (Wildman–Crippen MR) is 110 cm³/mol. The van der Waals surface area contributed by atoms with Crippen molar-refractivity contribution in [3.05, 3.63) is 64.9 Å². The highest BCUT2D eigenvalue weighted by molar-refractivity contribution is 7.18. The predicted octanol–water partition coefficient (Wildman–Crippen LogP) is 2.86. The lowest BCUT2D eigenvalue weighted by Gasteiger charge is -2.29. The van der Waals surface area contributed by atoms with Crippen molar-refractivity contribution in [3.8, 4) is 0 Å². The Morgan fingerprint density at radius 3 is 2.64 bits per heavy atom. The number of fused-ring (bicyclic) bond motifs is 1. The number of likely N-dealkylation sites (N-methyl/N-ethyl adjacent to an activating group) is 1. The number of thiazole rings is 1. The van der Waals surface area contributed by atoms with Crippen LogP contribution in [-0.4, -0.2) is 42.5 Å². The van der Waals surface area contributed by atoms with Gasteiger partial charge in [0, 0.05) is 37.9 Å². The third-order valence-corrected chi connectivity index (χ3v) is 6.74. The third-order valence-electron chi connectivity index (χ3n) is 5.54. The molecule has 0 radical (unpaired) electrons. The number of halogens is 1. The molecule has 0 spiro atoms. The maximum absolute atomic E-state index is 13.8. The van der Waals surface area contributed by atoms with E-state index in [2.05, 4.69) is 18.2 Å². The number of hydrogen-bond donors (Lipinski definition) is 1. The van der Waals surface area contributed by atoms with Crippen LogP contribution in [0.15, 0.2) is 48.5 Å². The molecule has 1 fully saturated rings. The number of carbonyl (C=O) groups excluding carboxylic acids is 1. The van der Waals surface area contributed by atoms with Gasteiger partial charge in [-0.25, -0.2) is 9.37 Å². The van der Waals surface area contributed by atoms with Crippen molar-refractivity contribution in [2.45, 2.75) is 25.3 Å². The summed E-state index contributed by atoms with van der Waals surface area (Å²) < 4.78 is 15.1. The van der Waals surface area contributed by atoms with E-state index in [1.165, 1.54) is 20.7 Å². The maximum Gasteiger partial charge on any atom is 0.277 e. The van der Waals surface area contributed by atoms with Gasteiger partial charge in [-0.15, -0.1) is 11.3 Å². The van der Waals surface area contributed by atoms with Crippen LogP contribution in [-0.2, 0) is 11.3 Å². The average molecular weight is 399 g/mol. The molecule has 0 bridgehead atoms. The van der Waals surface area contributed by atoms with E-state index in [1.54, 1.807) is 41.5 Å². The SMILES string of the molecule is CN(Cc1ccccc1F)C(=O)C[NH+]1CCC(c2nc3ccccc3s2)CC1. The molecule has 6 heteroatoms. The van der Waals surface area contributed by atoms with E-state index in [9.17, 15) is 9.18 Å². The zero-order chi connectivity index (χ0) is 19.5. The molecule has 4 rings (SSSR count). The fourth-order valence-electron chi connectivity index (χ4n) is 3.83. The molecule has 28 heavy (non-hydrogen) atoms. The second-order valence-corrected chi connectivity index (χ2v) is 8.62. The smallest absolute Gasteiger partial charge is 0.277 e. The molecule has 1 aliphatic heterocycles. The average Bonchev–Trinajstić information content (AvgIpc) is 3.14. The van der Waals surface area contributed by atoms with Crippen molar-refractivity contribution in [1.29, 1.82) is 0 Å². The van der Waals surface area contributed by atoms with E-state index in [0.29, 0.717) is 24.6 Å². The van der Waals surface area contributed by atoms with Crippen LogP contribution in [0.4, 0.5) is 4.39 Å². The first-order valence-corrected chi connectivity index (χ1v) is 10.6. The molecule has 2 aromatic carbocycles. The first-order chi connectivity index (χ1) is 13.6.